The average molecular weight is 398 g/mol. The summed E-state index contributed by atoms with van der Waals surface area (Å²) in [5, 5.41) is 0.672. The lowest BCUT2D eigenvalue weighted by Gasteiger charge is -2.17. The number of H-pyrrole nitrogens is 1. The van der Waals surface area contributed by atoms with Crippen molar-refractivity contribution in [3.63, 3.8) is 0 Å². The molecule has 0 amide bonds. The molecule has 7 heteroatoms. The third-order valence-electron chi connectivity index (χ3n) is 5.66. The molecule has 6 nitrogen and oxygen atoms in total. The number of carbonyl (C=O) groups is 2. The number of hydrogen-bond donors (Lipinski definition) is 1. The quantitative estimate of drug-likeness (QED) is 0.682. The molecule has 0 aromatic carbocycles. The van der Waals surface area contributed by atoms with Crippen LogP contribution in [-0.2, 0) is 19.4 Å². The molecule has 1 aliphatic carbocycles. The van der Waals surface area contributed by atoms with Gasteiger partial charge in [0, 0.05) is 16.1 Å². The summed E-state index contributed by atoms with van der Waals surface area (Å²) in [6.45, 7) is 7.15. The summed E-state index contributed by atoms with van der Waals surface area (Å²) in [5.74, 6) is 0.317. The smallest absolute Gasteiger partial charge is 0.262 e. The molecule has 4 rings (SSSR count). The maximum Gasteiger partial charge on any atom is 0.262 e. The molecule has 0 fully saturated rings. The second kappa shape index (κ2) is 6.81. The molecule has 28 heavy (non-hydrogen) atoms. The van der Waals surface area contributed by atoms with Gasteiger partial charge in [0.2, 0.25) is 0 Å². The van der Waals surface area contributed by atoms with Gasteiger partial charge in [-0.2, -0.15) is 0 Å². The van der Waals surface area contributed by atoms with Crippen molar-refractivity contribution in [2.75, 3.05) is 0 Å². The first-order valence-corrected chi connectivity index (χ1v) is 10.3. The molecule has 3 aromatic rings. The zero-order valence-corrected chi connectivity index (χ0v) is 17.3. The average Bonchev–Trinajstić information content (AvgIpc) is 3.14. The van der Waals surface area contributed by atoms with Crippen LogP contribution in [0.4, 0.5) is 0 Å². The molecule has 0 bridgehead atoms. The van der Waals surface area contributed by atoms with Crippen LogP contribution < -0.4 is 5.56 Å². The van der Waals surface area contributed by atoms with Crippen molar-refractivity contribution in [3.8, 4) is 0 Å². The van der Waals surface area contributed by atoms with Crippen LogP contribution in [0.3, 0.4) is 0 Å². The van der Waals surface area contributed by atoms with Crippen LogP contribution in [0.1, 0.15) is 62.8 Å². The molecule has 0 saturated carbocycles. The van der Waals surface area contributed by atoms with Crippen LogP contribution in [0.5, 0.6) is 0 Å². The molecule has 3 heterocycles. The number of nitrogens with one attached hydrogen (secondary N) is 1. The Morgan fingerprint density at radius 2 is 2.11 bits per heavy atom. The lowest BCUT2D eigenvalue weighted by molar-refractivity contribution is 0.0965. The van der Waals surface area contributed by atoms with Gasteiger partial charge in [-0.25, -0.2) is 4.98 Å². The number of carbonyl (C=O) groups excluding carboxylic acids is 2. The molecule has 1 aliphatic rings. The topological polar surface area (TPSA) is 84.8 Å². The van der Waals surface area contributed by atoms with E-state index in [0.29, 0.717) is 33.8 Å². The standard InChI is InChI=1S/C21H23N3O3S/c1-10-5-6-14-16(7-10)28-20-18(14)21(27)24(9-22-20)8-15(26)19-11(2)17(13(4)25)12(3)23-19/h9-10,23H,5-8H2,1-4H3. The van der Waals surface area contributed by atoms with Gasteiger partial charge < -0.3 is 4.98 Å². The summed E-state index contributed by atoms with van der Waals surface area (Å²) in [6, 6.07) is 0. The Hall–Kier alpha value is -2.54. The Labute approximate surface area is 166 Å². The number of Topliss-reactive ketones (excluding diaryl/α,β-unsaturated/α-hetero) is 2. The number of nitrogens with zero attached hydrogens (tertiary/aromatic N) is 2. The van der Waals surface area contributed by atoms with E-state index in [4.69, 9.17) is 0 Å². The van der Waals surface area contributed by atoms with Gasteiger partial charge in [0.1, 0.15) is 4.83 Å². The minimum Gasteiger partial charge on any atom is -0.355 e. The molecule has 1 N–H and O–H groups in total. The number of thiophene rings is 1. The molecule has 146 valence electrons. The molecule has 0 aliphatic heterocycles. The molecule has 1 unspecified atom stereocenters. The number of aromatic amines is 1. The van der Waals surface area contributed by atoms with Gasteiger partial charge in [0.25, 0.3) is 5.56 Å². The largest absolute Gasteiger partial charge is 0.355 e. The molecule has 1 atom stereocenters. The Bertz CT molecular complexity index is 1180. The first-order valence-electron chi connectivity index (χ1n) is 9.50. The van der Waals surface area contributed by atoms with E-state index in [1.165, 1.54) is 22.7 Å². The van der Waals surface area contributed by atoms with Gasteiger partial charge in [-0.15, -0.1) is 11.3 Å². The van der Waals surface area contributed by atoms with Crippen molar-refractivity contribution in [1.82, 2.24) is 14.5 Å². The van der Waals surface area contributed by atoms with E-state index in [9.17, 15) is 14.4 Å². The fourth-order valence-electron chi connectivity index (χ4n) is 4.27. The first kappa shape index (κ1) is 18.8. The van der Waals surface area contributed by atoms with E-state index in [-0.39, 0.29) is 23.7 Å². The number of ketones is 2. The number of rotatable bonds is 4. The van der Waals surface area contributed by atoms with Crippen molar-refractivity contribution in [2.24, 2.45) is 5.92 Å². The second-order valence-corrected chi connectivity index (χ2v) is 8.90. The van der Waals surface area contributed by atoms with Crippen LogP contribution in [-0.4, -0.2) is 26.1 Å². The SMILES string of the molecule is CC(=O)c1c(C)[nH]c(C(=O)Cn2cnc3sc4c(c3c2=O)CCC(C)C4)c1C. The van der Waals surface area contributed by atoms with E-state index in [1.54, 1.807) is 25.2 Å². The van der Waals surface area contributed by atoms with Crippen molar-refractivity contribution < 1.29 is 9.59 Å². The zero-order chi connectivity index (χ0) is 20.2. The zero-order valence-electron chi connectivity index (χ0n) is 16.5. The third-order valence-corrected chi connectivity index (χ3v) is 6.83. The molecule has 3 aromatic heterocycles. The summed E-state index contributed by atoms with van der Waals surface area (Å²) >= 11 is 1.60. The Morgan fingerprint density at radius 3 is 2.79 bits per heavy atom. The van der Waals surface area contributed by atoms with Crippen LogP contribution in [0, 0.1) is 19.8 Å². The maximum atomic E-state index is 13.1. The summed E-state index contributed by atoms with van der Waals surface area (Å²) in [7, 11) is 0. The van der Waals surface area contributed by atoms with Crippen LogP contribution in [0.2, 0.25) is 0 Å². The van der Waals surface area contributed by atoms with Gasteiger partial charge in [-0.3, -0.25) is 19.0 Å². The van der Waals surface area contributed by atoms with E-state index >= 15 is 0 Å². The number of aryl methyl sites for hydroxylation is 2. The third kappa shape index (κ3) is 2.94. The monoisotopic (exact) mass is 397 g/mol. The highest BCUT2D eigenvalue weighted by molar-refractivity contribution is 7.18. The lowest BCUT2D eigenvalue weighted by atomic mass is 9.89. The molecule has 0 spiro atoms. The van der Waals surface area contributed by atoms with Crippen LogP contribution >= 0.6 is 11.3 Å². The van der Waals surface area contributed by atoms with Crippen molar-refractivity contribution in [1.29, 1.82) is 0 Å². The fraction of sp³-hybridized carbons (Fsp3) is 0.429. The van der Waals surface area contributed by atoms with E-state index in [1.807, 2.05) is 0 Å². The van der Waals surface area contributed by atoms with Crippen molar-refractivity contribution in [3.05, 3.63) is 49.6 Å². The molecule has 0 saturated heterocycles. The van der Waals surface area contributed by atoms with E-state index in [2.05, 4.69) is 16.9 Å². The van der Waals surface area contributed by atoms with Gasteiger partial charge >= 0.3 is 0 Å². The highest BCUT2D eigenvalue weighted by Gasteiger charge is 2.24. The van der Waals surface area contributed by atoms with Crippen molar-refractivity contribution >= 4 is 33.1 Å². The summed E-state index contributed by atoms with van der Waals surface area (Å²) in [5.41, 5.74) is 3.21. The summed E-state index contributed by atoms with van der Waals surface area (Å²) in [4.78, 5) is 47.2. The van der Waals surface area contributed by atoms with Gasteiger partial charge in [0.05, 0.1) is 24.0 Å². The van der Waals surface area contributed by atoms with Gasteiger partial charge in [0.15, 0.2) is 11.6 Å². The predicted molar refractivity (Wildman–Crippen MR) is 110 cm³/mol. The number of hydrogen-bond acceptors (Lipinski definition) is 5. The molecular formula is C21H23N3O3S. The second-order valence-electron chi connectivity index (χ2n) is 7.81. The maximum absolute atomic E-state index is 13.1. The van der Waals surface area contributed by atoms with Crippen LogP contribution in [0.15, 0.2) is 11.1 Å². The Kier molecular flexibility index (Phi) is 4.57. The molecular weight excluding hydrogens is 374 g/mol. The van der Waals surface area contributed by atoms with Gasteiger partial charge in [-0.1, -0.05) is 6.92 Å². The Morgan fingerprint density at radius 1 is 1.36 bits per heavy atom. The molecule has 0 radical (unpaired) electrons. The van der Waals surface area contributed by atoms with Crippen molar-refractivity contribution in [2.45, 2.75) is 53.5 Å². The van der Waals surface area contributed by atoms with Gasteiger partial charge in [-0.05, 0) is 57.1 Å². The lowest BCUT2D eigenvalue weighted by Crippen LogP contribution is -2.25. The Balaban J connectivity index is 1.72. The number of aromatic nitrogens is 3. The number of fused-ring (bicyclic) bond motifs is 3. The van der Waals surface area contributed by atoms with Crippen LogP contribution in [0.25, 0.3) is 10.2 Å². The highest BCUT2D eigenvalue weighted by Crippen LogP contribution is 2.35. The van der Waals surface area contributed by atoms with E-state index in [0.717, 1.165) is 29.7 Å². The normalized spacial score (nSPS) is 16.4. The predicted octanol–water partition coefficient (Wildman–Crippen LogP) is 3.61. The minimum absolute atomic E-state index is 0.0790. The minimum atomic E-state index is -0.228. The summed E-state index contributed by atoms with van der Waals surface area (Å²) < 4.78 is 1.39. The van der Waals surface area contributed by atoms with E-state index < -0.39 is 0 Å². The fourth-order valence-corrected chi connectivity index (χ4v) is 5.61. The summed E-state index contributed by atoms with van der Waals surface area (Å²) in [6.07, 6.45) is 4.41. The highest BCUT2D eigenvalue weighted by atomic mass is 32.1. The first-order chi connectivity index (χ1) is 13.3.